The van der Waals surface area contributed by atoms with Gasteiger partial charge in [0.1, 0.15) is 47.9 Å². The molecule has 9 heterocycles. The van der Waals surface area contributed by atoms with Gasteiger partial charge in [0.2, 0.25) is 11.8 Å². The van der Waals surface area contributed by atoms with Gasteiger partial charge in [0, 0.05) is 70.6 Å². The summed E-state index contributed by atoms with van der Waals surface area (Å²) < 4.78 is 54.0. The number of pyridine rings is 1. The number of halogens is 2. The van der Waals surface area contributed by atoms with Crippen molar-refractivity contribution in [1.29, 1.82) is 0 Å². The number of phenols is 1. The Bertz CT molecular complexity index is 3360. The molecular formula is C58H68F2N10O8. The van der Waals surface area contributed by atoms with Crippen LogP contribution in [0.4, 0.5) is 19.4 Å². The normalized spacial score (nSPS) is 23.1. The maximum absolute atomic E-state index is 17.2. The number of hydrogen-bond donors (Lipinski definition) is 2. The average molecular weight is 1070 g/mol. The summed E-state index contributed by atoms with van der Waals surface area (Å²) in [6.45, 7) is 9.69. The summed E-state index contributed by atoms with van der Waals surface area (Å²) in [6.07, 6.45) is 10.2. The SMILES string of the molecule is CCc1c(F)ccc2cc(O)cc(-c3ncc4c(N5CCCOCC5)nc(OC[C@@]56CCCN5[C@H](COC(=O)N5CCC(CN7CCC(c8ccc9c(c8)n(C)c(=O)n9C8CCC(=O)NC8=O)CC7)CC5)CC6)nc4c3F)c12. The van der Waals surface area contributed by atoms with E-state index in [0.29, 0.717) is 97.1 Å². The minimum absolute atomic E-state index is 0.0164. The quantitative estimate of drug-likeness (QED) is 0.116. The molecule has 6 aliphatic heterocycles. The molecule has 78 heavy (non-hydrogen) atoms. The van der Waals surface area contributed by atoms with Gasteiger partial charge in [-0.15, -0.1) is 0 Å². The second-order valence-corrected chi connectivity index (χ2v) is 22.4. The van der Waals surface area contributed by atoms with Crippen LogP contribution in [0.15, 0.2) is 53.5 Å². The van der Waals surface area contributed by atoms with Crippen LogP contribution in [0, 0.1) is 17.6 Å². The molecule has 6 aromatic rings. The molecule has 0 bridgehead atoms. The average Bonchev–Trinajstić information content (AvgIpc) is 4.09. The van der Waals surface area contributed by atoms with Crippen molar-refractivity contribution in [3.8, 4) is 23.0 Å². The summed E-state index contributed by atoms with van der Waals surface area (Å²) in [6, 6.07) is 11.4. The fourth-order valence-electron chi connectivity index (χ4n) is 13.7. The summed E-state index contributed by atoms with van der Waals surface area (Å²) in [7, 11) is 1.74. The number of likely N-dealkylation sites (tertiary alicyclic amines) is 2. The van der Waals surface area contributed by atoms with Gasteiger partial charge in [0.25, 0.3) is 0 Å². The van der Waals surface area contributed by atoms with Gasteiger partial charge in [-0.25, -0.2) is 18.4 Å². The predicted octanol–water partition coefficient (Wildman–Crippen LogP) is 7.35. The minimum Gasteiger partial charge on any atom is -0.508 e. The molecule has 2 N–H and O–H groups in total. The number of piperidine rings is 3. The number of aryl methyl sites for hydroxylation is 2. The lowest BCUT2D eigenvalue weighted by molar-refractivity contribution is -0.135. The highest BCUT2D eigenvalue weighted by molar-refractivity contribution is 6.02. The van der Waals surface area contributed by atoms with Crippen molar-refractivity contribution < 1.29 is 42.5 Å². The van der Waals surface area contributed by atoms with Crippen LogP contribution in [0.5, 0.6) is 11.8 Å². The Kier molecular flexibility index (Phi) is 14.3. The van der Waals surface area contributed by atoms with E-state index in [9.17, 15) is 24.3 Å². The Hall–Kier alpha value is -6.77. The van der Waals surface area contributed by atoms with Gasteiger partial charge in [0.05, 0.1) is 28.6 Å². The third-order valence-corrected chi connectivity index (χ3v) is 17.9. The van der Waals surface area contributed by atoms with Crippen molar-refractivity contribution in [3.63, 3.8) is 0 Å². The first-order valence-corrected chi connectivity index (χ1v) is 28.1. The molecule has 6 aliphatic rings. The van der Waals surface area contributed by atoms with Crippen LogP contribution in [0.2, 0.25) is 0 Å². The monoisotopic (exact) mass is 1070 g/mol. The van der Waals surface area contributed by atoms with Crippen LogP contribution in [-0.4, -0.2) is 152 Å². The van der Waals surface area contributed by atoms with E-state index in [1.807, 2.05) is 17.9 Å². The highest BCUT2D eigenvalue weighted by Crippen LogP contribution is 2.44. The van der Waals surface area contributed by atoms with Gasteiger partial charge < -0.3 is 34.0 Å². The number of nitrogens with one attached hydrogen (secondary N) is 1. The van der Waals surface area contributed by atoms with E-state index in [4.69, 9.17) is 24.2 Å². The second kappa shape index (κ2) is 21.5. The van der Waals surface area contributed by atoms with Gasteiger partial charge >= 0.3 is 17.8 Å². The van der Waals surface area contributed by atoms with Crippen LogP contribution >= 0.6 is 0 Å². The molecule has 0 radical (unpaired) electrons. The van der Waals surface area contributed by atoms with Crippen molar-refractivity contribution in [2.75, 3.05) is 83.7 Å². The first kappa shape index (κ1) is 52.0. The number of carbonyl (C=O) groups is 3. The van der Waals surface area contributed by atoms with Gasteiger partial charge in [-0.1, -0.05) is 19.1 Å². The highest BCUT2D eigenvalue weighted by atomic mass is 19.1. The predicted molar refractivity (Wildman–Crippen MR) is 289 cm³/mol. The molecule has 3 atom stereocenters. The number of imidazole rings is 1. The van der Waals surface area contributed by atoms with Crippen molar-refractivity contribution in [2.24, 2.45) is 13.0 Å². The molecule has 3 aromatic carbocycles. The Morgan fingerprint density at radius 2 is 1.73 bits per heavy atom. The van der Waals surface area contributed by atoms with E-state index in [-0.39, 0.29) is 77.4 Å². The molecule has 0 saturated carbocycles. The minimum atomic E-state index is -0.721. The van der Waals surface area contributed by atoms with Crippen LogP contribution in [0.3, 0.4) is 0 Å². The van der Waals surface area contributed by atoms with E-state index in [2.05, 4.69) is 37.1 Å². The lowest BCUT2D eigenvalue weighted by Gasteiger charge is -2.38. The van der Waals surface area contributed by atoms with E-state index in [0.717, 1.165) is 89.5 Å². The smallest absolute Gasteiger partial charge is 0.409 e. The first-order chi connectivity index (χ1) is 37.9. The van der Waals surface area contributed by atoms with Gasteiger partial charge in [0.15, 0.2) is 5.82 Å². The van der Waals surface area contributed by atoms with Gasteiger partial charge in [-0.2, -0.15) is 9.97 Å². The summed E-state index contributed by atoms with van der Waals surface area (Å²) in [5.41, 5.74) is 2.72. The largest absolute Gasteiger partial charge is 0.508 e. The standard InChI is InChI=1S/C58H68F2N10O8/c1-3-41-44(59)8-6-38-28-40(71)30-42(49(38)41)51-50(60)52-43(31-61-51)53(67-19-5-26-76-27-25-67)64-55(63-52)78-34-58-17-4-20-69(58)39(12-18-58)33-77-57(75)68-23-13-35(14-24-68)32-66-21-15-36(16-22-66)37-7-9-45-47(29-37)65(2)56(74)70(45)46-10-11-48(72)62-54(46)73/h6-9,28-31,35-36,39,46,71H,3-5,10-27,32-34H2,1-2H3,(H,62,72,73)/t39-,46?,58-/m0/s1. The Morgan fingerprint density at radius 1 is 0.897 bits per heavy atom. The van der Waals surface area contributed by atoms with E-state index < -0.39 is 23.6 Å². The molecule has 12 rings (SSSR count). The number of aromatic nitrogens is 5. The van der Waals surface area contributed by atoms with Crippen LogP contribution < -0.4 is 20.6 Å². The molecule has 20 heteroatoms. The number of hydrogen-bond acceptors (Lipinski definition) is 14. The van der Waals surface area contributed by atoms with E-state index in [1.165, 1.54) is 28.3 Å². The molecule has 0 spiro atoms. The van der Waals surface area contributed by atoms with Crippen molar-refractivity contribution in [1.82, 2.24) is 44.1 Å². The number of rotatable bonds is 12. The van der Waals surface area contributed by atoms with E-state index >= 15 is 8.78 Å². The summed E-state index contributed by atoms with van der Waals surface area (Å²) in [5.74, 6) is -0.641. The van der Waals surface area contributed by atoms with E-state index in [1.54, 1.807) is 23.9 Å². The molecular weight excluding hydrogens is 1000 g/mol. The molecule has 1 unspecified atom stereocenters. The lowest BCUT2D eigenvalue weighted by atomic mass is 9.88. The summed E-state index contributed by atoms with van der Waals surface area (Å²) in [4.78, 5) is 74.5. The third-order valence-electron chi connectivity index (χ3n) is 17.9. The maximum Gasteiger partial charge on any atom is 0.409 e. The number of aromatic hydroxyl groups is 1. The number of amides is 3. The lowest BCUT2D eigenvalue weighted by Crippen LogP contribution is -2.48. The molecule has 6 saturated heterocycles. The fourth-order valence-corrected chi connectivity index (χ4v) is 13.7. The third kappa shape index (κ3) is 9.71. The zero-order chi connectivity index (χ0) is 53.8. The summed E-state index contributed by atoms with van der Waals surface area (Å²) in [5, 5.41) is 14.6. The molecule has 0 aliphatic carbocycles. The zero-order valence-electron chi connectivity index (χ0n) is 44.5. The summed E-state index contributed by atoms with van der Waals surface area (Å²) >= 11 is 0. The maximum atomic E-state index is 17.2. The molecule has 6 fully saturated rings. The molecule has 3 aromatic heterocycles. The van der Waals surface area contributed by atoms with Crippen LogP contribution in [-0.2, 0) is 32.5 Å². The Labute approximate surface area is 450 Å². The van der Waals surface area contributed by atoms with Crippen molar-refractivity contribution in [2.45, 2.75) is 108 Å². The highest BCUT2D eigenvalue weighted by Gasteiger charge is 2.50. The van der Waals surface area contributed by atoms with Crippen LogP contribution in [0.1, 0.15) is 101 Å². The number of nitrogens with zero attached hydrogens (tertiary/aromatic N) is 9. The molecule has 412 valence electrons. The Balaban J connectivity index is 0.658. The Morgan fingerprint density at radius 3 is 2.54 bits per heavy atom. The number of imide groups is 1. The van der Waals surface area contributed by atoms with Crippen molar-refractivity contribution >= 4 is 56.4 Å². The van der Waals surface area contributed by atoms with Gasteiger partial charge in [-0.3, -0.25) is 33.9 Å². The zero-order valence-corrected chi connectivity index (χ0v) is 44.5. The molecule has 3 amide bonds. The molecule has 18 nitrogen and oxygen atoms in total. The van der Waals surface area contributed by atoms with Crippen molar-refractivity contribution in [3.05, 3.63) is 81.9 Å². The number of ether oxygens (including phenoxy) is 3. The number of carbonyl (C=O) groups excluding carboxylic acids is 3. The topological polar surface area (TPSA) is 190 Å². The fraction of sp³-hybridized carbons (Fsp3) is 0.534. The second-order valence-electron chi connectivity index (χ2n) is 22.4. The number of anilines is 1. The van der Waals surface area contributed by atoms with Crippen LogP contribution in [0.25, 0.3) is 44.0 Å². The number of phenolic OH excluding ortho intramolecular Hbond substituents is 1. The van der Waals surface area contributed by atoms with Gasteiger partial charge in [-0.05, 0) is 154 Å². The number of fused-ring (bicyclic) bond motifs is 4. The number of benzene rings is 3. The first-order valence-electron chi connectivity index (χ1n) is 28.1.